The van der Waals surface area contributed by atoms with Crippen LogP contribution in [0.5, 0.6) is 5.75 Å². The van der Waals surface area contributed by atoms with E-state index in [0.717, 1.165) is 31.8 Å². The largest absolute Gasteiger partial charge is 0.485 e. The summed E-state index contributed by atoms with van der Waals surface area (Å²) < 4.78 is 36.6. The van der Waals surface area contributed by atoms with E-state index in [4.69, 9.17) is 9.26 Å². The van der Waals surface area contributed by atoms with E-state index < -0.39 is 11.6 Å². The molecule has 0 unspecified atom stereocenters. The Morgan fingerprint density at radius 3 is 2.74 bits per heavy atom. The molecule has 6 nitrogen and oxygen atoms in total. The predicted molar refractivity (Wildman–Crippen MR) is 94.4 cm³/mol. The molecule has 0 radical (unpaired) electrons. The third kappa shape index (κ3) is 5.03. The van der Waals surface area contributed by atoms with Gasteiger partial charge in [0.2, 0.25) is 0 Å². The maximum Gasteiger partial charge on any atom is 0.276 e. The van der Waals surface area contributed by atoms with Gasteiger partial charge in [-0.15, -0.1) is 0 Å². The van der Waals surface area contributed by atoms with Gasteiger partial charge >= 0.3 is 0 Å². The number of benzene rings is 1. The molecule has 1 aliphatic heterocycles. The average Bonchev–Trinajstić information content (AvgIpc) is 3.35. The normalized spacial score (nSPS) is 14.5. The number of halogens is 2. The second-order valence-corrected chi connectivity index (χ2v) is 6.48. The maximum absolute atomic E-state index is 13.2. The van der Waals surface area contributed by atoms with Gasteiger partial charge in [0.15, 0.2) is 23.1 Å². The number of carbonyl (C=O) groups excluding carboxylic acids is 1. The highest BCUT2D eigenvalue weighted by Gasteiger charge is 2.20. The van der Waals surface area contributed by atoms with Crippen LogP contribution in [0.2, 0.25) is 0 Å². The molecule has 2 aromatic rings. The number of carbonyl (C=O) groups is 1. The Labute approximate surface area is 156 Å². The van der Waals surface area contributed by atoms with E-state index in [1.54, 1.807) is 4.90 Å². The Morgan fingerprint density at radius 1 is 1.26 bits per heavy atom. The van der Waals surface area contributed by atoms with Crippen LogP contribution in [0.4, 0.5) is 8.78 Å². The zero-order chi connectivity index (χ0) is 19.2. The molecule has 1 aromatic carbocycles. The average molecular weight is 379 g/mol. The van der Waals surface area contributed by atoms with Gasteiger partial charge in [-0.05, 0) is 45.0 Å². The van der Waals surface area contributed by atoms with Crippen LogP contribution in [0.15, 0.2) is 28.8 Å². The Bertz CT molecular complexity index is 775. The minimum absolute atomic E-state index is 0.0365. The number of nitrogens with zero attached hydrogens (tertiary/aromatic N) is 3. The predicted octanol–water partition coefficient (Wildman–Crippen LogP) is 3.09. The summed E-state index contributed by atoms with van der Waals surface area (Å²) in [5.41, 5.74) is 0.210. The maximum atomic E-state index is 13.2. The molecule has 3 rings (SSSR count). The van der Waals surface area contributed by atoms with E-state index in [2.05, 4.69) is 10.1 Å². The second kappa shape index (κ2) is 8.94. The summed E-state index contributed by atoms with van der Waals surface area (Å²) in [6, 6.07) is 4.77. The minimum atomic E-state index is -0.988. The van der Waals surface area contributed by atoms with Crippen molar-refractivity contribution in [3.05, 3.63) is 47.4 Å². The molecule has 8 heteroatoms. The first kappa shape index (κ1) is 19.3. The van der Waals surface area contributed by atoms with Gasteiger partial charge in [-0.1, -0.05) is 5.16 Å². The summed E-state index contributed by atoms with van der Waals surface area (Å²) in [5, 5.41) is 3.81. The van der Waals surface area contributed by atoms with Gasteiger partial charge in [0, 0.05) is 31.8 Å². The first-order valence-electron chi connectivity index (χ1n) is 9.12. The van der Waals surface area contributed by atoms with Crippen molar-refractivity contribution in [2.45, 2.75) is 26.4 Å². The molecule has 0 atom stereocenters. The number of aromatic nitrogens is 1. The zero-order valence-corrected chi connectivity index (χ0v) is 15.3. The van der Waals surface area contributed by atoms with E-state index in [0.29, 0.717) is 18.8 Å². The number of hydrogen-bond acceptors (Lipinski definition) is 5. The number of amides is 1. The molecular formula is C19H23F2N3O3. The van der Waals surface area contributed by atoms with Gasteiger partial charge in [0.05, 0.1) is 0 Å². The molecule has 0 aliphatic carbocycles. The minimum Gasteiger partial charge on any atom is -0.485 e. The van der Waals surface area contributed by atoms with E-state index in [1.165, 1.54) is 25.0 Å². The van der Waals surface area contributed by atoms with Crippen LogP contribution in [0, 0.1) is 11.6 Å². The Morgan fingerprint density at radius 2 is 2.04 bits per heavy atom. The number of likely N-dealkylation sites (N-methyl/N-ethyl adjacent to an activating group) is 1. The lowest BCUT2D eigenvalue weighted by atomic mass is 10.3. The van der Waals surface area contributed by atoms with Crippen molar-refractivity contribution in [1.29, 1.82) is 0 Å². The molecule has 0 bridgehead atoms. The van der Waals surface area contributed by atoms with Crippen molar-refractivity contribution in [3.63, 3.8) is 0 Å². The molecule has 0 N–H and O–H groups in total. The smallest absolute Gasteiger partial charge is 0.276 e. The van der Waals surface area contributed by atoms with Crippen molar-refractivity contribution in [2.75, 3.05) is 32.7 Å². The van der Waals surface area contributed by atoms with E-state index in [9.17, 15) is 13.6 Å². The molecular weight excluding hydrogens is 356 g/mol. The fraction of sp³-hybridized carbons (Fsp3) is 0.474. The SMILES string of the molecule is CCN(CCN1CCCC1)C(=O)c1cc(COc2ccc(F)c(F)c2)on1. The Hall–Kier alpha value is -2.48. The van der Waals surface area contributed by atoms with Crippen molar-refractivity contribution in [3.8, 4) is 5.75 Å². The summed E-state index contributed by atoms with van der Waals surface area (Å²) in [6.45, 7) is 6.13. The van der Waals surface area contributed by atoms with Crippen LogP contribution < -0.4 is 4.74 Å². The molecule has 0 saturated carbocycles. The van der Waals surface area contributed by atoms with Crippen LogP contribution in [0.3, 0.4) is 0 Å². The number of hydrogen-bond donors (Lipinski definition) is 0. The first-order chi connectivity index (χ1) is 13.1. The highest BCUT2D eigenvalue weighted by Crippen LogP contribution is 2.17. The van der Waals surface area contributed by atoms with Crippen LogP contribution in [-0.4, -0.2) is 53.6 Å². The molecule has 27 heavy (non-hydrogen) atoms. The summed E-state index contributed by atoms with van der Waals surface area (Å²) in [5.74, 6) is -1.63. The summed E-state index contributed by atoms with van der Waals surface area (Å²) in [6.07, 6.45) is 2.43. The van der Waals surface area contributed by atoms with Gasteiger partial charge in [-0.25, -0.2) is 8.78 Å². The standard InChI is InChI=1S/C19H23F2N3O3/c1-2-24(10-9-23-7-3-4-8-23)19(25)18-12-15(27-22-18)13-26-14-5-6-16(20)17(21)11-14/h5-6,11-12H,2-4,7-10,13H2,1H3. The lowest BCUT2D eigenvalue weighted by molar-refractivity contribution is 0.0739. The highest BCUT2D eigenvalue weighted by atomic mass is 19.2. The van der Waals surface area contributed by atoms with Gasteiger partial charge in [-0.3, -0.25) is 4.79 Å². The molecule has 146 valence electrons. The fourth-order valence-electron chi connectivity index (χ4n) is 3.04. The molecule has 1 fully saturated rings. The lowest BCUT2D eigenvalue weighted by Crippen LogP contribution is -2.37. The van der Waals surface area contributed by atoms with Crippen LogP contribution in [0.1, 0.15) is 36.0 Å². The van der Waals surface area contributed by atoms with Crippen LogP contribution >= 0.6 is 0 Å². The molecule has 1 saturated heterocycles. The summed E-state index contributed by atoms with van der Waals surface area (Å²) in [4.78, 5) is 16.7. The Kier molecular flexibility index (Phi) is 6.39. The fourth-order valence-corrected chi connectivity index (χ4v) is 3.04. The third-order valence-electron chi connectivity index (χ3n) is 4.60. The van der Waals surface area contributed by atoms with Gasteiger partial charge < -0.3 is 19.1 Å². The lowest BCUT2D eigenvalue weighted by Gasteiger charge is -2.23. The van der Waals surface area contributed by atoms with E-state index >= 15 is 0 Å². The van der Waals surface area contributed by atoms with E-state index in [-0.39, 0.29) is 24.0 Å². The molecule has 1 amide bonds. The molecule has 1 aromatic heterocycles. The number of likely N-dealkylation sites (tertiary alicyclic amines) is 1. The van der Waals surface area contributed by atoms with Gasteiger partial charge in [-0.2, -0.15) is 0 Å². The van der Waals surface area contributed by atoms with Crippen molar-refractivity contribution < 1.29 is 22.8 Å². The quantitative estimate of drug-likeness (QED) is 0.705. The molecule has 1 aliphatic rings. The van der Waals surface area contributed by atoms with Crippen molar-refractivity contribution >= 4 is 5.91 Å². The molecule has 2 heterocycles. The third-order valence-corrected chi connectivity index (χ3v) is 4.60. The zero-order valence-electron chi connectivity index (χ0n) is 15.3. The summed E-state index contributed by atoms with van der Waals surface area (Å²) in [7, 11) is 0. The summed E-state index contributed by atoms with van der Waals surface area (Å²) >= 11 is 0. The van der Waals surface area contributed by atoms with Crippen LogP contribution in [0.25, 0.3) is 0 Å². The highest BCUT2D eigenvalue weighted by molar-refractivity contribution is 5.92. The van der Waals surface area contributed by atoms with Crippen molar-refractivity contribution in [1.82, 2.24) is 15.0 Å². The Balaban J connectivity index is 1.54. The van der Waals surface area contributed by atoms with Gasteiger partial charge in [0.1, 0.15) is 12.4 Å². The van der Waals surface area contributed by atoms with Crippen LogP contribution in [-0.2, 0) is 6.61 Å². The molecule has 0 spiro atoms. The first-order valence-corrected chi connectivity index (χ1v) is 9.12. The monoisotopic (exact) mass is 379 g/mol. The van der Waals surface area contributed by atoms with Gasteiger partial charge in [0.25, 0.3) is 5.91 Å². The topological polar surface area (TPSA) is 58.8 Å². The van der Waals surface area contributed by atoms with E-state index in [1.807, 2.05) is 6.92 Å². The number of ether oxygens (including phenoxy) is 1. The second-order valence-electron chi connectivity index (χ2n) is 6.48. The van der Waals surface area contributed by atoms with Crippen molar-refractivity contribution in [2.24, 2.45) is 0 Å². The number of rotatable bonds is 8.